The Balaban J connectivity index is 1.37. The first-order valence-electron chi connectivity index (χ1n) is 10.6. The SMILES string of the molecule is Cc1cc(Nc2ccc(NC(=O)Cc3ccc(Cl)cc3)cc2)nc(N2CCCCC2)n1. The molecule has 1 aliphatic rings. The molecule has 2 heterocycles. The Morgan fingerprint density at radius 3 is 2.35 bits per heavy atom. The molecular formula is C24H26ClN5O. The molecule has 2 N–H and O–H groups in total. The van der Waals surface area contributed by atoms with Gasteiger partial charge in [0.05, 0.1) is 6.42 Å². The summed E-state index contributed by atoms with van der Waals surface area (Å²) in [5.41, 5.74) is 3.50. The first-order chi connectivity index (χ1) is 15.0. The number of piperidine rings is 1. The molecule has 4 rings (SSSR count). The van der Waals surface area contributed by atoms with Crippen molar-refractivity contribution < 1.29 is 4.79 Å². The first kappa shape index (κ1) is 21.1. The van der Waals surface area contributed by atoms with Crippen LogP contribution in [0.1, 0.15) is 30.5 Å². The molecule has 3 aromatic rings. The number of nitrogens with one attached hydrogen (secondary N) is 2. The molecule has 6 nitrogen and oxygen atoms in total. The Morgan fingerprint density at radius 2 is 1.65 bits per heavy atom. The van der Waals surface area contributed by atoms with Crippen molar-refractivity contribution in [3.8, 4) is 0 Å². The second-order valence-corrected chi connectivity index (χ2v) is 8.23. The topological polar surface area (TPSA) is 70.2 Å². The molecule has 0 bridgehead atoms. The van der Waals surface area contributed by atoms with Crippen molar-refractivity contribution in [1.82, 2.24) is 9.97 Å². The highest BCUT2D eigenvalue weighted by molar-refractivity contribution is 6.30. The van der Waals surface area contributed by atoms with Crippen molar-refractivity contribution in [2.45, 2.75) is 32.6 Å². The van der Waals surface area contributed by atoms with Gasteiger partial charge < -0.3 is 15.5 Å². The van der Waals surface area contributed by atoms with Crippen LogP contribution in [0.2, 0.25) is 5.02 Å². The molecule has 1 saturated heterocycles. The summed E-state index contributed by atoms with van der Waals surface area (Å²) in [7, 11) is 0. The van der Waals surface area contributed by atoms with Gasteiger partial charge in [-0.05, 0) is 68.1 Å². The van der Waals surface area contributed by atoms with E-state index in [9.17, 15) is 4.79 Å². The van der Waals surface area contributed by atoms with Crippen LogP contribution in [0.3, 0.4) is 0 Å². The third kappa shape index (κ3) is 5.95. The lowest BCUT2D eigenvalue weighted by molar-refractivity contribution is -0.115. The minimum Gasteiger partial charge on any atom is -0.341 e. The molecule has 31 heavy (non-hydrogen) atoms. The predicted molar refractivity (Wildman–Crippen MR) is 126 cm³/mol. The van der Waals surface area contributed by atoms with E-state index in [1.54, 1.807) is 12.1 Å². The molecule has 0 unspecified atom stereocenters. The third-order valence-corrected chi connectivity index (χ3v) is 5.45. The monoisotopic (exact) mass is 435 g/mol. The maximum absolute atomic E-state index is 12.3. The van der Waals surface area contributed by atoms with Crippen LogP contribution in [0, 0.1) is 6.92 Å². The molecule has 0 saturated carbocycles. The number of rotatable bonds is 6. The van der Waals surface area contributed by atoms with Gasteiger partial charge in [0.15, 0.2) is 0 Å². The zero-order valence-corrected chi connectivity index (χ0v) is 18.3. The fourth-order valence-electron chi connectivity index (χ4n) is 3.63. The third-order valence-electron chi connectivity index (χ3n) is 5.20. The van der Waals surface area contributed by atoms with Gasteiger partial charge in [0.25, 0.3) is 0 Å². The van der Waals surface area contributed by atoms with E-state index in [1.165, 1.54) is 19.3 Å². The summed E-state index contributed by atoms with van der Waals surface area (Å²) in [6, 6.07) is 16.8. The number of benzene rings is 2. The van der Waals surface area contributed by atoms with E-state index in [1.807, 2.05) is 49.4 Å². The Morgan fingerprint density at radius 1 is 0.968 bits per heavy atom. The fraction of sp³-hybridized carbons (Fsp3) is 0.292. The van der Waals surface area contributed by atoms with E-state index < -0.39 is 0 Å². The van der Waals surface area contributed by atoms with Crippen LogP contribution >= 0.6 is 11.6 Å². The Kier molecular flexibility index (Phi) is 6.67. The number of anilines is 4. The fourth-order valence-corrected chi connectivity index (χ4v) is 3.76. The minimum absolute atomic E-state index is 0.0689. The van der Waals surface area contributed by atoms with Gasteiger partial charge in [0.1, 0.15) is 5.82 Å². The van der Waals surface area contributed by atoms with E-state index in [0.717, 1.165) is 47.5 Å². The Hall–Kier alpha value is -3.12. The Labute approximate surface area is 187 Å². The molecular weight excluding hydrogens is 410 g/mol. The summed E-state index contributed by atoms with van der Waals surface area (Å²) in [6.07, 6.45) is 3.95. The van der Waals surface area contributed by atoms with Gasteiger partial charge in [0.2, 0.25) is 11.9 Å². The Bertz CT molecular complexity index is 1030. The van der Waals surface area contributed by atoms with Crippen LogP contribution < -0.4 is 15.5 Å². The van der Waals surface area contributed by atoms with Crippen molar-refractivity contribution in [1.29, 1.82) is 0 Å². The van der Waals surface area contributed by atoms with Crippen LogP contribution in [0.5, 0.6) is 0 Å². The van der Waals surface area contributed by atoms with Crippen molar-refractivity contribution in [3.63, 3.8) is 0 Å². The summed E-state index contributed by atoms with van der Waals surface area (Å²) in [6.45, 7) is 4.00. The highest BCUT2D eigenvalue weighted by Crippen LogP contribution is 2.22. The smallest absolute Gasteiger partial charge is 0.228 e. The number of nitrogens with zero attached hydrogens (tertiary/aromatic N) is 3. The number of amides is 1. The average Bonchev–Trinajstić information content (AvgIpc) is 2.77. The lowest BCUT2D eigenvalue weighted by Gasteiger charge is -2.27. The quantitative estimate of drug-likeness (QED) is 0.545. The van der Waals surface area contributed by atoms with Crippen molar-refractivity contribution in [3.05, 3.63) is 70.9 Å². The molecule has 2 aromatic carbocycles. The normalized spacial score (nSPS) is 13.7. The standard InChI is InChI=1S/C24H26ClN5O/c1-17-15-22(29-24(26-17)30-13-3-2-4-14-30)27-20-9-11-21(12-10-20)28-23(31)16-18-5-7-19(25)8-6-18/h5-12,15H,2-4,13-14,16H2,1H3,(H,28,31)(H,26,27,29). The highest BCUT2D eigenvalue weighted by Gasteiger charge is 2.14. The van der Waals surface area contributed by atoms with Gasteiger partial charge in [-0.25, -0.2) is 4.98 Å². The molecule has 1 amide bonds. The van der Waals surface area contributed by atoms with Crippen LogP contribution in [0.15, 0.2) is 54.6 Å². The van der Waals surface area contributed by atoms with Crippen molar-refractivity contribution >= 4 is 40.6 Å². The zero-order chi connectivity index (χ0) is 21.6. The number of aromatic nitrogens is 2. The van der Waals surface area contributed by atoms with Gasteiger partial charge in [-0.2, -0.15) is 4.98 Å². The molecule has 1 aliphatic heterocycles. The van der Waals surface area contributed by atoms with Gasteiger partial charge in [-0.3, -0.25) is 4.79 Å². The van der Waals surface area contributed by atoms with E-state index in [-0.39, 0.29) is 5.91 Å². The van der Waals surface area contributed by atoms with Gasteiger partial charge in [0, 0.05) is 41.2 Å². The number of aryl methyl sites for hydroxylation is 1. The lowest BCUT2D eigenvalue weighted by atomic mass is 10.1. The minimum atomic E-state index is -0.0689. The van der Waals surface area contributed by atoms with E-state index in [0.29, 0.717) is 11.4 Å². The van der Waals surface area contributed by atoms with Gasteiger partial charge >= 0.3 is 0 Å². The van der Waals surface area contributed by atoms with Gasteiger partial charge in [-0.1, -0.05) is 23.7 Å². The lowest BCUT2D eigenvalue weighted by Crippen LogP contribution is -2.31. The van der Waals surface area contributed by atoms with Crippen LogP contribution in [0.4, 0.5) is 23.1 Å². The highest BCUT2D eigenvalue weighted by atomic mass is 35.5. The van der Waals surface area contributed by atoms with Crippen LogP contribution in [-0.2, 0) is 11.2 Å². The largest absolute Gasteiger partial charge is 0.341 e. The molecule has 7 heteroatoms. The number of carbonyl (C=O) groups is 1. The number of hydrogen-bond donors (Lipinski definition) is 2. The average molecular weight is 436 g/mol. The summed E-state index contributed by atoms with van der Waals surface area (Å²) in [4.78, 5) is 23.8. The predicted octanol–water partition coefficient (Wildman–Crippen LogP) is 5.35. The van der Waals surface area contributed by atoms with Crippen LogP contribution in [-0.4, -0.2) is 29.0 Å². The second kappa shape index (κ2) is 9.79. The first-order valence-corrected chi connectivity index (χ1v) is 10.9. The van der Waals surface area contributed by atoms with E-state index >= 15 is 0 Å². The van der Waals surface area contributed by atoms with Gasteiger partial charge in [-0.15, -0.1) is 0 Å². The number of hydrogen-bond acceptors (Lipinski definition) is 5. The van der Waals surface area contributed by atoms with Crippen molar-refractivity contribution in [2.75, 3.05) is 28.6 Å². The molecule has 1 fully saturated rings. The molecule has 0 spiro atoms. The summed E-state index contributed by atoms with van der Waals surface area (Å²) in [5.74, 6) is 1.49. The second-order valence-electron chi connectivity index (χ2n) is 7.80. The number of halogens is 1. The van der Waals surface area contributed by atoms with Crippen molar-refractivity contribution in [2.24, 2.45) is 0 Å². The maximum Gasteiger partial charge on any atom is 0.228 e. The number of carbonyl (C=O) groups excluding carboxylic acids is 1. The molecule has 0 radical (unpaired) electrons. The maximum atomic E-state index is 12.3. The van der Waals surface area contributed by atoms with E-state index in [2.05, 4.69) is 20.5 Å². The summed E-state index contributed by atoms with van der Waals surface area (Å²) < 4.78 is 0. The molecule has 0 atom stereocenters. The molecule has 160 valence electrons. The summed E-state index contributed by atoms with van der Waals surface area (Å²) in [5, 5.41) is 6.93. The summed E-state index contributed by atoms with van der Waals surface area (Å²) >= 11 is 5.89. The van der Waals surface area contributed by atoms with Crippen LogP contribution in [0.25, 0.3) is 0 Å². The molecule has 0 aliphatic carbocycles. The zero-order valence-electron chi connectivity index (χ0n) is 17.6. The van der Waals surface area contributed by atoms with E-state index in [4.69, 9.17) is 16.6 Å². The molecule has 1 aromatic heterocycles.